The third kappa shape index (κ3) is 2.04. The van der Waals surface area contributed by atoms with Gasteiger partial charge in [-0.15, -0.1) is 0 Å². The topological polar surface area (TPSA) is 61.8 Å². The number of ether oxygens (including phenoxy) is 3. The zero-order chi connectivity index (χ0) is 14.2. The monoisotopic (exact) mass is 280 g/mol. The van der Waals surface area contributed by atoms with Crippen molar-refractivity contribution in [3.05, 3.63) is 12.2 Å². The molecule has 0 amide bonds. The van der Waals surface area contributed by atoms with Crippen LogP contribution in [0.2, 0.25) is 0 Å². The number of rotatable bonds is 3. The number of hydrogen-bond donors (Lipinski definition) is 0. The van der Waals surface area contributed by atoms with Crippen LogP contribution in [0.4, 0.5) is 0 Å². The van der Waals surface area contributed by atoms with E-state index in [0.29, 0.717) is 6.42 Å². The van der Waals surface area contributed by atoms with Crippen molar-refractivity contribution < 1.29 is 23.8 Å². The normalized spacial score (nSPS) is 36.8. The van der Waals surface area contributed by atoms with Crippen LogP contribution in [0.1, 0.15) is 38.5 Å². The Morgan fingerprint density at radius 2 is 2.10 bits per heavy atom. The summed E-state index contributed by atoms with van der Waals surface area (Å²) < 4.78 is 16.2. The SMILES string of the molecule is COC(=O)[C@@]12C=C[C@@H](C[C@H]1OC1CCCCC1)OC2=O. The first kappa shape index (κ1) is 13.6. The van der Waals surface area contributed by atoms with Crippen molar-refractivity contribution in [2.45, 2.75) is 56.8 Å². The zero-order valence-corrected chi connectivity index (χ0v) is 11.7. The minimum atomic E-state index is -1.40. The molecule has 0 aromatic heterocycles. The number of esters is 2. The summed E-state index contributed by atoms with van der Waals surface area (Å²) in [5.41, 5.74) is -1.40. The van der Waals surface area contributed by atoms with Crippen molar-refractivity contribution in [1.82, 2.24) is 0 Å². The molecule has 0 spiro atoms. The van der Waals surface area contributed by atoms with Gasteiger partial charge < -0.3 is 14.2 Å². The summed E-state index contributed by atoms with van der Waals surface area (Å²) in [6.45, 7) is 0. The van der Waals surface area contributed by atoms with E-state index < -0.39 is 23.5 Å². The second-order valence-corrected chi connectivity index (χ2v) is 5.78. The largest absolute Gasteiger partial charge is 0.468 e. The highest BCUT2D eigenvalue weighted by Gasteiger charge is 2.60. The fourth-order valence-corrected chi connectivity index (χ4v) is 3.41. The van der Waals surface area contributed by atoms with Gasteiger partial charge in [-0.2, -0.15) is 0 Å². The molecule has 0 aromatic carbocycles. The van der Waals surface area contributed by atoms with E-state index >= 15 is 0 Å². The van der Waals surface area contributed by atoms with Gasteiger partial charge in [0, 0.05) is 6.42 Å². The number of fused-ring (bicyclic) bond motifs is 2. The molecule has 0 unspecified atom stereocenters. The first-order chi connectivity index (χ1) is 9.66. The Morgan fingerprint density at radius 1 is 1.35 bits per heavy atom. The second kappa shape index (κ2) is 5.20. The third-order valence-electron chi connectivity index (χ3n) is 4.56. The van der Waals surface area contributed by atoms with Crippen LogP contribution in [0.15, 0.2) is 12.2 Å². The van der Waals surface area contributed by atoms with Crippen molar-refractivity contribution in [1.29, 1.82) is 0 Å². The Bertz CT molecular complexity index is 438. The highest BCUT2D eigenvalue weighted by Crippen LogP contribution is 2.43. The molecule has 110 valence electrons. The van der Waals surface area contributed by atoms with Crippen LogP contribution >= 0.6 is 0 Å². The molecular formula is C15H20O5. The average Bonchev–Trinajstić information content (AvgIpc) is 2.48. The maximum absolute atomic E-state index is 12.2. The maximum atomic E-state index is 12.2. The molecule has 2 heterocycles. The highest BCUT2D eigenvalue weighted by atomic mass is 16.6. The average molecular weight is 280 g/mol. The molecule has 4 aliphatic rings. The van der Waals surface area contributed by atoms with Crippen LogP contribution in [0, 0.1) is 5.41 Å². The van der Waals surface area contributed by atoms with Crippen LogP contribution in [0.25, 0.3) is 0 Å². The standard InChI is InChI=1S/C15H20O5/c1-18-13(16)15-8-7-11(20-14(15)17)9-12(15)19-10-5-3-2-4-6-10/h7-8,10-12H,2-6,9H2,1H3/t11-,12+,15+/m0/s1. The molecule has 20 heavy (non-hydrogen) atoms. The first-order valence-electron chi connectivity index (χ1n) is 7.31. The molecule has 0 radical (unpaired) electrons. The van der Waals surface area contributed by atoms with Crippen LogP contribution in [0.3, 0.4) is 0 Å². The van der Waals surface area contributed by atoms with E-state index in [-0.39, 0.29) is 12.2 Å². The quantitative estimate of drug-likeness (QED) is 0.448. The smallest absolute Gasteiger partial charge is 0.330 e. The van der Waals surface area contributed by atoms with Gasteiger partial charge in [-0.05, 0) is 18.9 Å². The maximum Gasteiger partial charge on any atom is 0.330 e. The fourth-order valence-electron chi connectivity index (χ4n) is 3.41. The summed E-state index contributed by atoms with van der Waals surface area (Å²) in [5, 5.41) is 0. The minimum Gasteiger partial charge on any atom is -0.468 e. The number of hydrogen-bond acceptors (Lipinski definition) is 5. The van der Waals surface area contributed by atoms with E-state index in [1.807, 2.05) is 0 Å². The highest BCUT2D eigenvalue weighted by molar-refractivity contribution is 6.04. The lowest BCUT2D eigenvalue weighted by molar-refractivity contribution is -0.201. The molecule has 2 bridgehead atoms. The third-order valence-corrected chi connectivity index (χ3v) is 4.56. The molecule has 3 atom stereocenters. The summed E-state index contributed by atoms with van der Waals surface area (Å²) >= 11 is 0. The summed E-state index contributed by atoms with van der Waals surface area (Å²) in [7, 11) is 1.29. The van der Waals surface area contributed by atoms with E-state index in [2.05, 4.69) is 0 Å². The van der Waals surface area contributed by atoms with Gasteiger partial charge in [-0.3, -0.25) is 9.59 Å². The van der Waals surface area contributed by atoms with E-state index in [9.17, 15) is 9.59 Å². The van der Waals surface area contributed by atoms with Crippen molar-refractivity contribution in [3.8, 4) is 0 Å². The molecule has 2 aliphatic heterocycles. The van der Waals surface area contributed by atoms with Crippen molar-refractivity contribution >= 4 is 11.9 Å². The predicted molar refractivity (Wildman–Crippen MR) is 69.8 cm³/mol. The summed E-state index contributed by atoms with van der Waals surface area (Å²) in [5.74, 6) is -1.12. The van der Waals surface area contributed by atoms with Gasteiger partial charge in [0.2, 0.25) is 5.41 Å². The summed E-state index contributed by atoms with van der Waals surface area (Å²) in [6, 6.07) is 0. The van der Waals surface area contributed by atoms with E-state index in [1.165, 1.54) is 13.5 Å². The van der Waals surface area contributed by atoms with Crippen molar-refractivity contribution in [2.24, 2.45) is 5.41 Å². The first-order valence-corrected chi connectivity index (χ1v) is 7.31. The molecule has 4 rings (SSSR count). The Morgan fingerprint density at radius 3 is 2.75 bits per heavy atom. The van der Waals surface area contributed by atoms with Crippen LogP contribution < -0.4 is 0 Å². The molecule has 0 N–H and O–H groups in total. The van der Waals surface area contributed by atoms with Gasteiger partial charge in [0.05, 0.1) is 19.3 Å². The number of carbonyl (C=O) groups is 2. The molecule has 5 heteroatoms. The lowest BCUT2D eigenvalue weighted by atomic mass is 9.73. The minimum absolute atomic E-state index is 0.135. The van der Waals surface area contributed by atoms with Gasteiger partial charge in [0.25, 0.3) is 0 Å². The summed E-state index contributed by atoms with van der Waals surface area (Å²) in [4.78, 5) is 24.3. The van der Waals surface area contributed by atoms with Gasteiger partial charge in [0.1, 0.15) is 6.10 Å². The lowest BCUT2D eigenvalue weighted by Gasteiger charge is -2.45. The van der Waals surface area contributed by atoms with E-state index in [4.69, 9.17) is 14.2 Å². The fraction of sp³-hybridized carbons (Fsp3) is 0.733. The van der Waals surface area contributed by atoms with E-state index in [1.54, 1.807) is 12.2 Å². The number of carbonyl (C=O) groups excluding carboxylic acids is 2. The Labute approximate surface area is 118 Å². The van der Waals surface area contributed by atoms with Gasteiger partial charge in [0.15, 0.2) is 0 Å². The van der Waals surface area contributed by atoms with Crippen molar-refractivity contribution in [3.63, 3.8) is 0 Å². The lowest BCUT2D eigenvalue weighted by Crippen LogP contribution is -2.59. The second-order valence-electron chi connectivity index (χ2n) is 5.78. The Balaban J connectivity index is 1.83. The zero-order valence-electron chi connectivity index (χ0n) is 11.7. The van der Waals surface area contributed by atoms with Gasteiger partial charge >= 0.3 is 11.9 Å². The van der Waals surface area contributed by atoms with Gasteiger partial charge in [-0.25, -0.2) is 0 Å². The molecular weight excluding hydrogens is 260 g/mol. The molecule has 5 nitrogen and oxygen atoms in total. The van der Waals surface area contributed by atoms with E-state index in [0.717, 1.165) is 25.7 Å². The molecule has 1 saturated heterocycles. The van der Waals surface area contributed by atoms with Crippen LogP contribution in [-0.4, -0.2) is 37.4 Å². The Kier molecular flexibility index (Phi) is 3.54. The van der Waals surface area contributed by atoms with Gasteiger partial charge in [-0.1, -0.05) is 25.3 Å². The Hall–Kier alpha value is -1.36. The summed E-state index contributed by atoms with van der Waals surface area (Å²) in [6.07, 6.45) is 8.83. The molecule has 0 aromatic rings. The van der Waals surface area contributed by atoms with Crippen LogP contribution in [-0.2, 0) is 23.8 Å². The number of methoxy groups -OCH3 is 1. The van der Waals surface area contributed by atoms with Crippen LogP contribution in [0.5, 0.6) is 0 Å². The predicted octanol–water partition coefficient (Wildman–Crippen LogP) is 1.75. The van der Waals surface area contributed by atoms with Crippen molar-refractivity contribution in [2.75, 3.05) is 7.11 Å². The molecule has 2 aliphatic carbocycles. The molecule has 1 saturated carbocycles. The molecule has 2 fully saturated rings.